The van der Waals surface area contributed by atoms with Crippen LogP contribution in [0.2, 0.25) is 0 Å². The van der Waals surface area contributed by atoms with Crippen molar-refractivity contribution >= 4 is 29.1 Å². The highest BCUT2D eigenvalue weighted by Gasteiger charge is 2.39. The van der Waals surface area contributed by atoms with Crippen molar-refractivity contribution in [1.82, 2.24) is 5.32 Å². The zero-order chi connectivity index (χ0) is 27.3. The van der Waals surface area contributed by atoms with Gasteiger partial charge in [0, 0.05) is 17.5 Å². The summed E-state index contributed by atoms with van der Waals surface area (Å²) in [6.45, 7) is 0. The lowest BCUT2D eigenvalue weighted by atomic mass is 9.81. The molecule has 4 rings (SSSR count). The molecular formula is C28H25F3N4O3. The quantitative estimate of drug-likeness (QED) is 0.413. The number of primary amides is 1. The Morgan fingerprint density at radius 3 is 2.18 bits per heavy atom. The summed E-state index contributed by atoms with van der Waals surface area (Å²) < 4.78 is 39.5. The number of aliphatic imine (C=N–C) groups is 1. The van der Waals surface area contributed by atoms with Gasteiger partial charge in [-0.2, -0.15) is 13.2 Å². The Labute approximate surface area is 217 Å². The molecule has 0 saturated heterocycles. The smallest absolute Gasteiger partial charge is 0.369 e. The summed E-state index contributed by atoms with van der Waals surface area (Å²) in [7, 11) is 0. The van der Waals surface area contributed by atoms with E-state index in [0.29, 0.717) is 28.1 Å². The van der Waals surface area contributed by atoms with Crippen LogP contribution in [-0.4, -0.2) is 35.8 Å². The maximum absolute atomic E-state index is 13.5. The third kappa shape index (κ3) is 6.26. The van der Waals surface area contributed by atoms with Crippen LogP contribution >= 0.6 is 0 Å². The van der Waals surface area contributed by atoms with Gasteiger partial charge in [-0.15, -0.1) is 0 Å². The Hall–Kier alpha value is -4.47. The monoisotopic (exact) mass is 522 g/mol. The van der Waals surface area contributed by atoms with Gasteiger partial charge < -0.3 is 16.4 Å². The standard InChI is InChI=1S/C28H25F3N4O3/c29-28(30,31)16-15-20(22(24(32)36)17-9-3-1-4-10-17)26(37)35-25-27(38)33-21-14-8-7-13-19(21)23(34-25)18-11-5-2-6-12-18/h1-14,20,22,25H,15-16H2,(H2,32,36)(H,33,38)(H,35,37)/t20-,22+,25?/m1/s1. The van der Waals surface area contributed by atoms with Crippen LogP contribution in [0.4, 0.5) is 18.9 Å². The number of hydrogen-bond acceptors (Lipinski definition) is 4. The number of para-hydroxylation sites is 1. The molecule has 0 spiro atoms. The minimum absolute atomic E-state index is 0.300. The van der Waals surface area contributed by atoms with E-state index in [1.165, 1.54) is 12.1 Å². The highest BCUT2D eigenvalue weighted by Crippen LogP contribution is 2.33. The van der Waals surface area contributed by atoms with E-state index < -0.39 is 54.7 Å². The molecule has 1 aliphatic heterocycles. The van der Waals surface area contributed by atoms with E-state index in [0.717, 1.165) is 0 Å². The van der Waals surface area contributed by atoms with Crippen molar-refractivity contribution < 1.29 is 27.6 Å². The number of nitrogens with two attached hydrogens (primary N) is 1. The van der Waals surface area contributed by atoms with Crippen molar-refractivity contribution in [2.75, 3.05) is 5.32 Å². The van der Waals surface area contributed by atoms with E-state index in [1.807, 2.05) is 6.07 Å². The van der Waals surface area contributed by atoms with Crippen LogP contribution in [0.5, 0.6) is 0 Å². The normalized spacial score (nSPS) is 16.8. The van der Waals surface area contributed by atoms with Crippen molar-refractivity contribution in [3.8, 4) is 0 Å². The molecule has 3 aromatic carbocycles. The summed E-state index contributed by atoms with van der Waals surface area (Å²) in [5.74, 6) is -5.41. The number of nitrogens with zero attached hydrogens (tertiary/aromatic N) is 1. The van der Waals surface area contributed by atoms with Gasteiger partial charge in [0.05, 0.1) is 23.2 Å². The molecule has 1 unspecified atom stereocenters. The van der Waals surface area contributed by atoms with Gasteiger partial charge >= 0.3 is 6.18 Å². The van der Waals surface area contributed by atoms with Gasteiger partial charge in [-0.3, -0.25) is 14.4 Å². The molecule has 0 bridgehead atoms. The third-order valence-electron chi connectivity index (χ3n) is 6.22. The minimum atomic E-state index is -4.57. The van der Waals surface area contributed by atoms with Crippen molar-refractivity contribution in [2.45, 2.75) is 31.1 Å². The number of benzodiazepines with no additional fused rings is 1. The van der Waals surface area contributed by atoms with Gasteiger partial charge in [-0.25, -0.2) is 4.99 Å². The van der Waals surface area contributed by atoms with E-state index in [9.17, 15) is 27.6 Å². The molecule has 1 aliphatic rings. The number of rotatable bonds is 8. The first-order valence-corrected chi connectivity index (χ1v) is 11.9. The SMILES string of the molecule is NC(=O)[C@@H](c1ccccc1)[C@@H](CCC(F)(F)F)C(=O)NC1N=C(c2ccccc2)c2ccccc2NC1=O. The van der Waals surface area contributed by atoms with E-state index in [-0.39, 0.29) is 0 Å². The van der Waals surface area contributed by atoms with Crippen LogP contribution in [0.15, 0.2) is 89.9 Å². The number of anilines is 1. The second-order valence-corrected chi connectivity index (χ2v) is 8.84. The highest BCUT2D eigenvalue weighted by molar-refractivity contribution is 6.19. The van der Waals surface area contributed by atoms with E-state index in [2.05, 4.69) is 15.6 Å². The molecule has 1 heterocycles. The molecule has 3 atom stereocenters. The Morgan fingerprint density at radius 1 is 0.947 bits per heavy atom. The molecule has 10 heteroatoms. The number of amides is 3. The minimum Gasteiger partial charge on any atom is -0.369 e. The van der Waals surface area contributed by atoms with Gasteiger partial charge in [0.2, 0.25) is 18.0 Å². The Kier molecular flexibility index (Phi) is 7.90. The van der Waals surface area contributed by atoms with Crippen LogP contribution in [0.25, 0.3) is 0 Å². The molecule has 3 amide bonds. The Balaban J connectivity index is 1.71. The van der Waals surface area contributed by atoms with Gasteiger partial charge in [0.1, 0.15) is 0 Å². The number of hydrogen-bond donors (Lipinski definition) is 3. The largest absolute Gasteiger partial charge is 0.389 e. The molecule has 196 valence electrons. The van der Waals surface area contributed by atoms with E-state index in [4.69, 9.17) is 5.73 Å². The fourth-order valence-corrected chi connectivity index (χ4v) is 4.45. The molecule has 38 heavy (non-hydrogen) atoms. The fourth-order valence-electron chi connectivity index (χ4n) is 4.45. The summed E-state index contributed by atoms with van der Waals surface area (Å²) in [5.41, 5.74) is 8.03. The predicted molar refractivity (Wildman–Crippen MR) is 136 cm³/mol. The number of carbonyl (C=O) groups is 3. The lowest BCUT2D eigenvalue weighted by molar-refractivity contribution is -0.144. The first-order chi connectivity index (χ1) is 18.1. The molecule has 0 saturated carbocycles. The number of benzene rings is 3. The number of halogens is 3. The van der Waals surface area contributed by atoms with Crippen molar-refractivity contribution in [1.29, 1.82) is 0 Å². The summed E-state index contributed by atoms with van der Waals surface area (Å²) in [5, 5.41) is 5.19. The molecule has 4 N–H and O–H groups in total. The van der Waals surface area contributed by atoms with Crippen molar-refractivity contribution in [3.63, 3.8) is 0 Å². The Morgan fingerprint density at radius 2 is 1.55 bits per heavy atom. The summed E-state index contributed by atoms with van der Waals surface area (Å²) in [6.07, 6.45) is -8.07. The summed E-state index contributed by atoms with van der Waals surface area (Å²) in [4.78, 5) is 43.5. The molecule has 3 aromatic rings. The number of carbonyl (C=O) groups excluding carboxylic acids is 3. The van der Waals surface area contributed by atoms with Crippen LogP contribution in [-0.2, 0) is 14.4 Å². The molecule has 7 nitrogen and oxygen atoms in total. The molecule has 0 fully saturated rings. The van der Waals surface area contributed by atoms with Crippen LogP contribution in [0.1, 0.15) is 35.4 Å². The van der Waals surface area contributed by atoms with E-state index in [1.54, 1.807) is 66.7 Å². The fraction of sp³-hybridized carbons (Fsp3) is 0.214. The van der Waals surface area contributed by atoms with Crippen molar-refractivity contribution in [2.24, 2.45) is 16.6 Å². The van der Waals surface area contributed by atoms with Gasteiger partial charge in [-0.1, -0.05) is 78.9 Å². The number of alkyl halides is 3. The van der Waals surface area contributed by atoms with E-state index >= 15 is 0 Å². The third-order valence-corrected chi connectivity index (χ3v) is 6.22. The average molecular weight is 523 g/mol. The van der Waals surface area contributed by atoms with Crippen LogP contribution in [0.3, 0.4) is 0 Å². The maximum Gasteiger partial charge on any atom is 0.389 e. The lowest BCUT2D eigenvalue weighted by Gasteiger charge is -2.26. The van der Waals surface area contributed by atoms with Crippen LogP contribution < -0.4 is 16.4 Å². The zero-order valence-electron chi connectivity index (χ0n) is 20.1. The summed E-state index contributed by atoms with van der Waals surface area (Å²) in [6, 6.07) is 23.8. The second kappa shape index (κ2) is 11.3. The first kappa shape index (κ1) is 26.6. The molecule has 0 radical (unpaired) electrons. The topological polar surface area (TPSA) is 114 Å². The molecular weight excluding hydrogens is 497 g/mol. The number of nitrogens with one attached hydrogen (secondary N) is 2. The summed E-state index contributed by atoms with van der Waals surface area (Å²) >= 11 is 0. The van der Waals surface area contributed by atoms with Gasteiger partial charge in [-0.05, 0) is 18.1 Å². The maximum atomic E-state index is 13.5. The van der Waals surface area contributed by atoms with Crippen molar-refractivity contribution in [3.05, 3.63) is 102 Å². The lowest BCUT2D eigenvalue weighted by Crippen LogP contribution is -2.47. The molecule has 0 aromatic heterocycles. The Bertz CT molecular complexity index is 1340. The number of fused-ring (bicyclic) bond motifs is 1. The zero-order valence-corrected chi connectivity index (χ0v) is 20.1. The van der Waals surface area contributed by atoms with Gasteiger partial charge in [0.15, 0.2) is 0 Å². The second-order valence-electron chi connectivity index (χ2n) is 8.84. The molecule has 0 aliphatic carbocycles. The average Bonchev–Trinajstić information content (AvgIpc) is 3.02. The van der Waals surface area contributed by atoms with Gasteiger partial charge in [0.25, 0.3) is 5.91 Å². The first-order valence-electron chi connectivity index (χ1n) is 11.9. The van der Waals surface area contributed by atoms with Crippen LogP contribution in [0, 0.1) is 5.92 Å². The highest BCUT2D eigenvalue weighted by atomic mass is 19.4. The predicted octanol–water partition coefficient (Wildman–Crippen LogP) is 4.15.